The van der Waals surface area contributed by atoms with Crippen molar-refractivity contribution in [1.82, 2.24) is 5.32 Å². The van der Waals surface area contributed by atoms with Gasteiger partial charge in [0, 0.05) is 19.2 Å². The maximum atomic E-state index is 5.28. The number of rotatable bonds is 6. The number of benzene rings is 1. The van der Waals surface area contributed by atoms with Gasteiger partial charge in [0.2, 0.25) is 0 Å². The molecular formula is C14H21NO. The predicted molar refractivity (Wildman–Crippen MR) is 66.5 cm³/mol. The molecule has 88 valence electrons. The van der Waals surface area contributed by atoms with Gasteiger partial charge in [0.25, 0.3) is 0 Å². The van der Waals surface area contributed by atoms with E-state index in [0.717, 1.165) is 18.9 Å². The average molecular weight is 219 g/mol. The Labute approximate surface area is 98.0 Å². The van der Waals surface area contributed by atoms with Gasteiger partial charge in [0.15, 0.2) is 0 Å². The third kappa shape index (κ3) is 3.32. The summed E-state index contributed by atoms with van der Waals surface area (Å²) >= 11 is 0. The van der Waals surface area contributed by atoms with E-state index in [2.05, 4.69) is 42.6 Å². The van der Waals surface area contributed by atoms with Crippen LogP contribution >= 0.6 is 0 Å². The summed E-state index contributed by atoms with van der Waals surface area (Å²) in [5, 5.41) is 3.67. The van der Waals surface area contributed by atoms with Crippen LogP contribution in [0.3, 0.4) is 0 Å². The van der Waals surface area contributed by atoms with Crippen LogP contribution in [-0.4, -0.2) is 25.8 Å². The minimum absolute atomic E-state index is 0.447. The minimum atomic E-state index is 0.447. The molecule has 1 aromatic carbocycles. The molecule has 0 spiro atoms. The van der Waals surface area contributed by atoms with Crippen molar-refractivity contribution < 1.29 is 4.74 Å². The minimum Gasteiger partial charge on any atom is -0.383 e. The monoisotopic (exact) mass is 219 g/mol. The number of nitrogens with one attached hydrogen (secondary N) is 1. The molecular weight excluding hydrogens is 198 g/mol. The third-order valence-corrected chi connectivity index (χ3v) is 3.25. The molecule has 1 aromatic rings. The smallest absolute Gasteiger partial charge is 0.0619 e. The Hall–Kier alpha value is -0.860. The van der Waals surface area contributed by atoms with Crippen molar-refractivity contribution in [2.45, 2.75) is 31.8 Å². The first-order valence-corrected chi connectivity index (χ1v) is 6.08. The Kier molecular flexibility index (Phi) is 3.97. The zero-order valence-electron chi connectivity index (χ0n) is 10.1. The van der Waals surface area contributed by atoms with Gasteiger partial charge >= 0.3 is 0 Å². The molecule has 0 radical (unpaired) electrons. The second-order valence-electron chi connectivity index (χ2n) is 4.83. The Morgan fingerprint density at radius 3 is 2.62 bits per heavy atom. The highest BCUT2D eigenvalue weighted by molar-refractivity contribution is 5.16. The second-order valence-corrected chi connectivity index (χ2v) is 4.83. The van der Waals surface area contributed by atoms with Crippen LogP contribution in [0.25, 0.3) is 0 Å². The van der Waals surface area contributed by atoms with E-state index in [0.29, 0.717) is 12.1 Å². The quantitative estimate of drug-likeness (QED) is 0.792. The molecule has 3 atom stereocenters. The maximum absolute atomic E-state index is 5.28. The number of hydrogen-bond acceptors (Lipinski definition) is 2. The molecule has 1 aliphatic rings. The summed E-state index contributed by atoms with van der Waals surface area (Å²) in [6.07, 6.45) is 2.37. The van der Waals surface area contributed by atoms with Crippen LogP contribution in [0, 0.1) is 5.92 Å². The number of methoxy groups -OCH3 is 1. The molecule has 16 heavy (non-hydrogen) atoms. The van der Waals surface area contributed by atoms with E-state index in [9.17, 15) is 0 Å². The Bertz CT molecular complexity index is 312. The summed E-state index contributed by atoms with van der Waals surface area (Å²) in [6.45, 7) is 3.09. The van der Waals surface area contributed by atoms with E-state index >= 15 is 0 Å². The fourth-order valence-corrected chi connectivity index (χ4v) is 2.12. The third-order valence-electron chi connectivity index (χ3n) is 3.25. The molecule has 0 aliphatic heterocycles. The van der Waals surface area contributed by atoms with E-state index in [-0.39, 0.29) is 0 Å². The zero-order chi connectivity index (χ0) is 11.4. The Morgan fingerprint density at radius 1 is 1.38 bits per heavy atom. The van der Waals surface area contributed by atoms with E-state index in [1.54, 1.807) is 7.11 Å². The summed E-state index contributed by atoms with van der Waals surface area (Å²) in [6, 6.07) is 11.8. The van der Waals surface area contributed by atoms with Crippen LogP contribution < -0.4 is 5.32 Å². The highest BCUT2D eigenvalue weighted by Gasteiger charge is 2.33. The average Bonchev–Trinajstić information content (AvgIpc) is 2.96. The first-order chi connectivity index (χ1) is 7.79. The molecule has 0 aromatic heterocycles. The molecule has 1 fully saturated rings. The molecule has 1 N–H and O–H groups in total. The first-order valence-electron chi connectivity index (χ1n) is 6.08. The molecule has 3 unspecified atom stereocenters. The topological polar surface area (TPSA) is 21.3 Å². The highest BCUT2D eigenvalue weighted by Crippen LogP contribution is 2.29. The predicted octanol–water partition coefficient (Wildman–Crippen LogP) is 2.24. The summed E-state index contributed by atoms with van der Waals surface area (Å²) in [7, 11) is 1.77. The van der Waals surface area contributed by atoms with Gasteiger partial charge in [-0.05, 0) is 24.3 Å². The summed E-state index contributed by atoms with van der Waals surface area (Å²) in [4.78, 5) is 0. The molecule has 0 heterocycles. The number of ether oxygens (including phenoxy) is 1. The largest absolute Gasteiger partial charge is 0.383 e. The van der Waals surface area contributed by atoms with Gasteiger partial charge in [-0.3, -0.25) is 0 Å². The molecule has 2 nitrogen and oxygen atoms in total. The molecule has 0 saturated heterocycles. The molecule has 0 amide bonds. The molecule has 2 rings (SSSR count). The van der Waals surface area contributed by atoms with Gasteiger partial charge in [-0.15, -0.1) is 0 Å². The van der Waals surface area contributed by atoms with Crippen molar-refractivity contribution in [3.63, 3.8) is 0 Å². The zero-order valence-corrected chi connectivity index (χ0v) is 10.1. The van der Waals surface area contributed by atoms with E-state index in [1.807, 2.05) is 0 Å². The fourth-order valence-electron chi connectivity index (χ4n) is 2.12. The number of hydrogen-bond donors (Lipinski definition) is 1. The van der Waals surface area contributed by atoms with E-state index in [4.69, 9.17) is 4.74 Å². The van der Waals surface area contributed by atoms with Gasteiger partial charge in [-0.25, -0.2) is 0 Å². The lowest BCUT2D eigenvalue weighted by molar-refractivity contribution is 0.164. The van der Waals surface area contributed by atoms with Gasteiger partial charge in [0.05, 0.1) is 6.61 Å². The standard InChI is InChI=1S/C14H21NO/c1-11-8-14(11)15-13(10-16-2)9-12-6-4-3-5-7-12/h3-7,11,13-15H,8-10H2,1-2H3. The van der Waals surface area contributed by atoms with Gasteiger partial charge in [-0.1, -0.05) is 37.3 Å². The van der Waals surface area contributed by atoms with E-state index in [1.165, 1.54) is 12.0 Å². The van der Waals surface area contributed by atoms with Crippen molar-refractivity contribution >= 4 is 0 Å². The van der Waals surface area contributed by atoms with Crippen molar-refractivity contribution in [3.8, 4) is 0 Å². The molecule has 0 bridgehead atoms. The van der Waals surface area contributed by atoms with Crippen LogP contribution in [0.5, 0.6) is 0 Å². The Morgan fingerprint density at radius 2 is 2.06 bits per heavy atom. The molecule has 1 aliphatic carbocycles. The first kappa shape index (κ1) is 11.6. The van der Waals surface area contributed by atoms with Crippen molar-refractivity contribution in [1.29, 1.82) is 0 Å². The van der Waals surface area contributed by atoms with Gasteiger partial charge in [0.1, 0.15) is 0 Å². The van der Waals surface area contributed by atoms with Crippen LogP contribution in [0.4, 0.5) is 0 Å². The van der Waals surface area contributed by atoms with Crippen LogP contribution in [0.15, 0.2) is 30.3 Å². The lowest BCUT2D eigenvalue weighted by Crippen LogP contribution is -2.37. The van der Waals surface area contributed by atoms with Crippen LogP contribution in [-0.2, 0) is 11.2 Å². The summed E-state index contributed by atoms with van der Waals surface area (Å²) < 4.78 is 5.28. The van der Waals surface area contributed by atoms with Crippen molar-refractivity contribution in [3.05, 3.63) is 35.9 Å². The van der Waals surface area contributed by atoms with Crippen molar-refractivity contribution in [2.24, 2.45) is 5.92 Å². The molecule has 2 heteroatoms. The Balaban J connectivity index is 1.87. The molecule has 1 saturated carbocycles. The van der Waals surface area contributed by atoms with E-state index < -0.39 is 0 Å². The lowest BCUT2D eigenvalue weighted by atomic mass is 10.1. The van der Waals surface area contributed by atoms with Gasteiger partial charge in [-0.2, -0.15) is 0 Å². The maximum Gasteiger partial charge on any atom is 0.0619 e. The summed E-state index contributed by atoms with van der Waals surface area (Å²) in [5.41, 5.74) is 1.38. The highest BCUT2D eigenvalue weighted by atomic mass is 16.5. The van der Waals surface area contributed by atoms with Crippen LogP contribution in [0.2, 0.25) is 0 Å². The van der Waals surface area contributed by atoms with Crippen LogP contribution in [0.1, 0.15) is 18.9 Å². The van der Waals surface area contributed by atoms with Crippen molar-refractivity contribution in [2.75, 3.05) is 13.7 Å². The van der Waals surface area contributed by atoms with Gasteiger partial charge < -0.3 is 10.1 Å². The normalized spacial score (nSPS) is 25.4. The second kappa shape index (κ2) is 5.46. The SMILES string of the molecule is COCC(Cc1ccccc1)NC1CC1C. The summed E-state index contributed by atoms with van der Waals surface area (Å²) in [5.74, 6) is 0.843. The lowest BCUT2D eigenvalue weighted by Gasteiger charge is -2.18. The fraction of sp³-hybridized carbons (Fsp3) is 0.571.